The lowest BCUT2D eigenvalue weighted by Crippen LogP contribution is -2.34. The van der Waals surface area contributed by atoms with Gasteiger partial charge in [-0.1, -0.05) is 32.0 Å². The van der Waals surface area contributed by atoms with Gasteiger partial charge in [-0.2, -0.15) is 0 Å². The second kappa shape index (κ2) is 6.44. The number of alkyl halides is 1. The summed E-state index contributed by atoms with van der Waals surface area (Å²) in [5, 5.41) is 0. The zero-order chi connectivity index (χ0) is 13.8. The molecule has 0 radical (unpaired) electrons. The summed E-state index contributed by atoms with van der Waals surface area (Å²) in [6.07, 6.45) is 0.879. The molecule has 2 unspecified atom stereocenters. The van der Waals surface area contributed by atoms with Crippen molar-refractivity contribution in [1.82, 2.24) is 4.90 Å². The SMILES string of the molecule is CCC(Cl)(c1ccccc1OC)C(C)CN(C)C. The zero-order valence-electron chi connectivity index (χ0n) is 12.0. The van der Waals surface area contributed by atoms with Crippen molar-refractivity contribution in [3.8, 4) is 5.75 Å². The number of ether oxygens (including phenoxy) is 1. The van der Waals surface area contributed by atoms with Crippen molar-refractivity contribution < 1.29 is 4.74 Å². The number of benzene rings is 1. The molecule has 102 valence electrons. The molecule has 0 saturated heterocycles. The molecule has 1 aromatic carbocycles. The Morgan fingerprint density at radius 3 is 2.44 bits per heavy atom. The Bertz CT molecular complexity index is 381. The van der Waals surface area contributed by atoms with Crippen LogP contribution in [0.25, 0.3) is 0 Å². The molecular formula is C15H24ClNO. The van der Waals surface area contributed by atoms with Crippen LogP contribution in [0.15, 0.2) is 24.3 Å². The number of para-hydroxylation sites is 1. The van der Waals surface area contributed by atoms with Crippen LogP contribution in [0.4, 0.5) is 0 Å². The third-order valence-electron chi connectivity index (χ3n) is 3.49. The Morgan fingerprint density at radius 2 is 1.94 bits per heavy atom. The van der Waals surface area contributed by atoms with Gasteiger partial charge in [-0.15, -0.1) is 11.6 Å². The van der Waals surface area contributed by atoms with Crippen LogP contribution in [-0.4, -0.2) is 32.6 Å². The summed E-state index contributed by atoms with van der Waals surface area (Å²) in [5.41, 5.74) is 1.09. The fourth-order valence-corrected chi connectivity index (χ4v) is 2.71. The van der Waals surface area contributed by atoms with E-state index in [1.165, 1.54) is 0 Å². The second-order valence-corrected chi connectivity index (χ2v) is 5.75. The van der Waals surface area contributed by atoms with Crippen molar-refractivity contribution in [2.45, 2.75) is 25.1 Å². The molecule has 1 rings (SSSR count). The van der Waals surface area contributed by atoms with Crippen LogP contribution in [0.2, 0.25) is 0 Å². The van der Waals surface area contributed by atoms with Gasteiger partial charge in [0, 0.05) is 12.1 Å². The second-order valence-electron chi connectivity index (χ2n) is 5.08. The van der Waals surface area contributed by atoms with Crippen molar-refractivity contribution in [2.75, 3.05) is 27.7 Å². The first kappa shape index (κ1) is 15.3. The molecule has 0 bridgehead atoms. The Labute approximate surface area is 116 Å². The van der Waals surface area contributed by atoms with Crippen LogP contribution in [-0.2, 0) is 4.87 Å². The first-order valence-electron chi connectivity index (χ1n) is 6.42. The van der Waals surface area contributed by atoms with Gasteiger partial charge in [-0.25, -0.2) is 0 Å². The Morgan fingerprint density at radius 1 is 1.33 bits per heavy atom. The average Bonchev–Trinajstić information content (AvgIpc) is 2.36. The van der Waals surface area contributed by atoms with Crippen molar-refractivity contribution in [3.05, 3.63) is 29.8 Å². The van der Waals surface area contributed by atoms with E-state index < -0.39 is 0 Å². The first-order chi connectivity index (χ1) is 8.45. The third-order valence-corrected chi connectivity index (χ3v) is 4.33. The molecule has 0 aliphatic rings. The summed E-state index contributed by atoms with van der Waals surface area (Å²) < 4.78 is 5.45. The van der Waals surface area contributed by atoms with Gasteiger partial charge in [-0.3, -0.25) is 0 Å². The van der Waals surface area contributed by atoms with Gasteiger partial charge in [0.2, 0.25) is 0 Å². The highest BCUT2D eigenvalue weighted by Crippen LogP contribution is 2.44. The maximum Gasteiger partial charge on any atom is 0.123 e. The van der Waals surface area contributed by atoms with Crippen molar-refractivity contribution >= 4 is 11.6 Å². The largest absolute Gasteiger partial charge is 0.496 e. The third kappa shape index (κ3) is 3.18. The lowest BCUT2D eigenvalue weighted by molar-refractivity contribution is 0.273. The van der Waals surface area contributed by atoms with Crippen molar-refractivity contribution in [2.24, 2.45) is 5.92 Å². The van der Waals surface area contributed by atoms with Gasteiger partial charge >= 0.3 is 0 Å². The van der Waals surface area contributed by atoms with E-state index in [1.54, 1.807) is 7.11 Å². The summed E-state index contributed by atoms with van der Waals surface area (Å²) in [6, 6.07) is 8.05. The van der Waals surface area contributed by atoms with E-state index in [2.05, 4.69) is 38.9 Å². The van der Waals surface area contributed by atoms with Gasteiger partial charge in [0.1, 0.15) is 5.75 Å². The summed E-state index contributed by atoms with van der Waals surface area (Å²) >= 11 is 6.92. The molecule has 0 fully saturated rings. The highest BCUT2D eigenvalue weighted by atomic mass is 35.5. The number of hydrogen-bond acceptors (Lipinski definition) is 2. The Balaban J connectivity index is 3.13. The van der Waals surface area contributed by atoms with Gasteiger partial charge in [-0.05, 0) is 32.5 Å². The molecule has 0 aliphatic heterocycles. The molecule has 0 aliphatic carbocycles. The fraction of sp³-hybridized carbons (Fsp3) is 0.600. The molecule has 0 heterocycles. The molecule has 2 nitrogen and oxygen atoms in total. The van der Waals surface area contributed by atoms with Gasteiger partial charge in [0.05, 0.1) is 12.0 Å². The number of nitrogens with zero attached hydrogens (tertiary/aromatic N) is 1. The molecule has 0 aromatic heterocycles. The lowest BCUT2D eigenvalue weighted by Gasteiger charge is -2.35. The number of methoxy groups -OCH3 is 1. The van der Waals surface area contributed by atoms with Crippen LogP contribution in [0.5, 0.6) is 5.75 Å². The molecule has 2 atom stereocenters. The van der Waals surface area contributed by atoms with E-state index in [-0.39, 0.29) is 4.87 Å². The molecule has 0 N–H and O–H groups in total. The highest BCUT2D eigenvalue weighted by molar-refractivity contribution is 6.24. The van der Waals surface area contributed by atoms with Crippen LogP contribution in [0.1, 0.15) is 25.8 Å². The minimum Gasteiger partial charge on any atom is -0.496 e. The monoisotopic (exact) mass is 269 g/mol. The topological polar surface area (TPSA) is 12.5 Å². The molecule has 18 heavy (non-hydrogen) atoms. The van der Waals surface area contributed by atoms with E-state index in [9.17, 15) is 0 Å². The van der Waals surface area contributed by atoms with Gasteiger partial charge < -0.3 is 9.64 Å². The minimum absolute atomic E-state index is 0.343. The quantitative estimate of drug-likeness (QED) is 0.730. The van der Waals surface area contributed by atoms with E-state index in [1.807, 2.05) is 18.2 Å². The predicted molar refractivity (Wildman–Crippen MR) is 78.5 cm³/mol. The molecule has 0 saturated carbocycles. The maximum absolute atomic E-state index is 6.92. The van der Waals surface area contributed by atoms with Crippen LogP contribution in [0.3, 0.4) is 0 Å². The van der Waals surface area contributed by atoms with E-state index in [0.717, 1.165) is 24.3 Å². The lowest BCUT2D eigenvalue weighted by atomic mass is 9.83. The summed E-state index contributed by atoms with van der Waals surface area (Å²) in [7, 11) is 5.85. The molecule has 1 aromatic rings. The van der Waals surface area contributed by atoms with Gasteiger partial charge in [0.25, 0.3) is 0 Å². The van der Waals surface area contributed by atoms with Crippen LogP contribution >= 0.6 is 11.6 Å². The maximum atomic E-state index is 6.92. The Kier molecular flexibility index (Phi) is 5.48. The molecule has 0 spiro atoms. The van der Waals surface area contributed by atoms with E-state index in [0.29, 0.717) is 5.92 Å². The fourth-order valence-electron chi connectivity index (χ4n) is 2.48. The average molecular weight is 270 g/mol. The standard InChI is InChI=1S/C15H24ClNO/c1-6-15(16,12(2)11-17(3)4)13-9-7-8-10-14(13)18-5/h7-10,12H,6,11H2,1-5H3. The normalized spacial score (nSPS) is 16.4. The zero-order valence-corrected chi connectivity index (χ0v) is 12.8. The van der Waals surface area contributed by atoms with Crippen molar-refractivity contribution in [1.29, 1.82) is 0 Å². The smallest absolute Gasteiger partial charge is 0.123 e. The first-order valence-corrected chi connectivity index (χ1v) is 6.80. The van der Waals surface area contributed by atoms with E-state index in [4.69, 9.17) is 16.3 Å². The molecular weight excluding hydrogens is 246 g/mol. The minimum atomic E-state index is -0.378. The molecule has 0 amide bonds. The predicted octanol–water partition coefficient (Wildman–Crippen LogP) is 3.74. The van der Waals surface area contributed by atoms with Crippen LogP contribution in [0, 0.1) is 5.92 Å². The molecule has 3 heteroatoms. The van der Waals surface area contributed by atoms with Gasteiger partial charge in [0.15, 0.2) is 0 Å². The van der Waals surface area contributed by atoms with Crippen molar-refractivity contribution in [3.63, 3.8) is 0 Å². The van der Waals surface area contributed by atoms with Crippen LogP contribution < -0.4 is 4.74 Å². The Hall–Kier alpha value is -0.730. The number of hydrogen-bond donors (Lipinski definition) is 0. The summed E-state index contributed by atoms with van der Waals surface area (Å²) in [6.45, 7) is 5.28. The number of rotatable bonds is 6. The highest BCUT2D eigenvalue weighted by Gasteiger charge is 2.36. The van der Waals surface area contributed by atoms with E-state index >= 15 is 0 Å². The summed E-state index contributed by atoms with van der Waals surface area (Å²) in [5.74, 6) is 1.22. The summed E-state index contributed by atoms with van der Waals surface area (Å²) in [4.78, 5) is 1.80. The number of halogens is 1.